The Morgan fingerprint density at radius 1 is 0.407 bits per heavy atom. The molecule has 0 spiro atoms. The highest BCUT2D eigenvalue weighted by Gasteiger charge is 2.25. The van der Waals surface area contributed by atoms with Crippen LogP contribution in [0, 0.1) is 0 Å². The Balaban J connectivity index is 1.19. The summed E-state index contributed by atoms with van der Waals surface area (Å²) in [4.78, 5) is 16.4. The van der Waals surface area contributed by atoms with Gasteiger partial charge in [-0.25, -0.2) is 15.0 Å². The summed E-state index contributed by atoms with van der Waals surface area (Å²) in [5, 5.41) is 11.4. The molecule has 5 nitrogen and oxygen atoms in total. The Morgan fingerprint density at radius 2 is 1.03 bits per heavy atom. The molecule has 59 heavy (non-hydrogen) atoms. The van der Waals surface area contributed by atoms with E-state index in [1.54, 1.807) is 11.3 Å². The maximum absolute atomic E-state index is 6.93. The normalized spacial score (nSPS) is 12.1. The van der Waals surface area contributed by atoms with E-state index in [1.807, 2.05) is 12.1 Å². The molecule has 4 heterocycles. The SMILES string of the molecule is c1ccc2cc3c(cc2c1)c1ccccc1n3-c1ccc2c(oc3ccccc32)c1-c1nc(-c2cccc3ccccc23)nc(-c2cccc3c2sc2ccccc23)n1. The van der Waals surface area contributed by atoms with Gasteiger partial charge < -0.3 is 8.98 Å². The van der Waals surface area contributed by atoms with E-state index in [0.717, 1.165) is 70.8 Å². The third-order valence-corrected chi connectivity index (χ3v) is 13.1. The molecule has 0 atom stereocenters. The number of hydrogen-bond acceptors (Lipinski definition) is 5. The lowest BCUT2D eigenvalue weighted by Gasteiger charge is -2.16. The second-order valence-corrected chi connectivity index (χ2v) is 16.2. The topological polar surface area (TPSA) is 56.7 Å². The van der Waals surface area contributed by atoms with E-state index in [4.69, 9.17) is 19.4 Å². The molecule has 0 amide bonds. The van der Waals surface area contributed by atoms with Crippen LogP contribution in [0.5, 0.6) is 0 Å². The second kappa shape index (κ2) is 12.4. The molecule has 13 rings (SSSR count). The van der Waals surface area contributed by atoms with E-state index >= 15 is 0 Å². The summed E-state index contributed by atoms with van der Waals surface area (Å²) in [5.41, 5.74) is 7.38. The van der Waals surface area contributed by atoms with Crippen molar-refractivity contribution >= 4 is 96.8 Å². The van der Waals surface area contributed by atoms with Crippen LogP contribution in [-0.4, -0.2) is 19.5 Å². The van der Waals surface area contributed by atoms with Crippen molar-refractivity contribution < 1.29 is 4.42 Å². The van der Waals surface area contributed by atoms with Crippen LogP contribution in [-0.2, 0) is 0 Å². The minimum Gasteiger partial charge on any atom is -0.455 e. The third-order valence-electron chi connectivity index (χ3n) is 11.8. The zero-order valence-corrected chi connectivity index (χ0v) is 32.2. The summed E-state index contributed by atoms with van der Waals surface area (Å²) in [5.74, 6) is 1.76. The smallest absolute Gasteiger partial charge is 0.170 e. The van der Waals surface area contributed by atoms with Crippen molar-refractivity contribution in [1.29, 1.82) is 0 Å². The van der Waals surface area contributed by atoms with Crippen LogP contribution in [0.25, 0.3) is 125 Å². The van der Waals surface area contributed by atoms with Gasteiger partial charge in [-0.3, -0.25) is 0 Å². The number of nitrogens with zero attached hydrogens (tertiary/aromatic N) is 4. The van der Waals surface area contributed by atoms with E-state index in [9.17, 15) is 0 Å². The van der Waals surface area contributed by atoms with E-state index in [1.165, 1.54) is 37.0 Å². The molecule has 13 aromatic rings. The fourth-order valence-corrected chi connectivity index (χ4v) is 10.4. The summed E-state index contributed by atoms with van der Waals surface area (Å²) < 4.78 is 11.7. The first-order chi connectivity index (χ1) is 29.2. The molecule has 9 aromatic carbocycles. The van der Waals surface area contributed by atoms with Crippen molar-refractivity contribution in [2.45, 2.75) is 0 Å². The highest BCUT2D eigenvalue weighted by Crippen LogP contribution is 2.45. The average molecular weight is 771 g/mol. The molecule has 0 aliphatic carbocycles. The van der Waals surface area contributed by atoms with E-state index in [-0.39, 0.29) is 0 Å². The van der Waals surface area contributed by atoms with Gasteiger partial charge >= 0.3 is 0 Å². The fourth-order valence-electron chi connectivity index (χ4n) is 9.17. The molecule has 4 aromatic heterocycles. The Kier molecular flexibility index (Phi) is 6.82. The van der Waals surface area contributed by atoms with Crippen LogP contribution < -0.4 is 0 Å². The van der Waals surface area contributed by atoms with Crippen molar-refractivity contribution in [3.05, 3.63) is 182 Å². The van der Waals surface area contributed by atoms with Gasteiger partial charge in [0, 0.05) is 52.8 Å². The average Bonchev–Trinajstić information content (AvgIpc) is 3.97. The minimum absolute atomic E-state index is 0.544. The van der Waals surface area contributed by atoms with Crippen molar-refractivity contribution in [3.63, 3.8) is 0 Å². The minimum atomic E-state index is 0.544. The third kappa shape index (κ3) is 4.81. The van der Waals surface area contributed by atoms with Crippen molar-refractivity contribution in [1.82, 2.24) is 19.5 Å². The number of rotatable bonds is 4. The first-order valence-electron chi connectivity index (χ1n) is 19.8. The van der Waals surface area contributed by atoms with Gasteiger partial charge in [0.1, 0.15) is 11.2 Å². The number of thiophene rings is 1. The summed E-state index contributed by atoms with van der Waals surface area (Å²) in [6.07, 6.45) is 0. The van der Waals surface area contributed by atoms with Gasteiger partial charge in [-0.1, -0.05) is 133 Å². The van der Waals surface area contributed by atoms with Crippen LogP contribution in [0.2, 0.25) is 0 Å². The predicted molar refractivity (Wildman–Crippen MR) is 246 cm³/mol. The summed E-state index contributed by atoms with van der Waals surface area (Å²) >= 11 is 1.78. The van der Waals surface area contributed by atoms with Gasteiger partial charge in [0.2, 0.25) is 0 Å². The zero-order chi connectivity index (χ0) is 38.6. The molecule has 0 aliphatic heterocycles. The van der Waals surface area contributed by atoms with Crippen LogP contribution in [0.15, 0.2) is 186 Å². The molecular formula is C53H30N4OS. The highest BCUT2D eigenvalue weighted by atomic mass is 32.1. The van der Waals surface area contributed by atoms with Gasteiger partial charge in [-0.2, -0.15) is 0 Å². The van der Waals surface area contributed by atoms with Crippen LogP contribution >= 0.6 is 11.3 Å². The monoisotopic (exact) mass is 770 g/mol. The molecular weight excluding hydrogens is 741 g/mol. The van der Waals surface area contributed by atoms with E-state index < -0.39 is 0 Å². The largest absolute Gasteiger partial charge is 0.455 e. The number of hydrogen-bond donors (Lipinski definition) is 0. The molecule has 0 saturated carbocycles. The van der Waals surface area contributed by atoms with Crippen LogP contribution in [0.1, 0.15) is 0 Å². The standard InChI is InChI=1S/C53H30N4OS/c1-2-15-33-30-45-42(29-32(33)14-1)35-18-5-8-24-43(35)57(45)44-28-27-38-36-19-6-9-25-46(36)58-49(38)48(44)53-55-51(40-22-11-16-31-13-3-4-17-34(31)40)54-52(56-53)41-23-12-21-39-37-20-7-10-26-47(37)59-50(39)41/h1-30H. The predicted octanol–water partition coefficient (Wildman–Crippen LogP) is 14.5. The lowest BCUT2D eigenvalue weighted by Crippen LogP contribution is -2.04. The van der Waals surface area contributed by atoms with Gasteiger partial charge in [0.25, 0.3) is 0 Å². The van der Waals surface area contributed by atoms with Crippen LogP contribution in [0.4, 0.5) is 0 Å². The Labute approximate surface area is 341 Å². The van der Waals surface area contributed by atoms with Gasteiger partial charge in [-0.15, -0.1) is 11.3 Å². The quantitative estimate of drug-likeness (QED) is 0.179. The van der Waals surface area contributed by atoms with Crippen molar-refractivity contribution in [2.24, 2.45) is 0 Å². The molecule has 0 saturated heterocycles. The fraction of sp³-hybridized carbons (Fsp3) is 0. The molecule has 0 aliphatic rings. The maximum atomic E-state index is 6.93. The first-order valence-corrected chi connectivity index (χ1v) is 20.6. The van der Waals surface area contributed by atoms with Crippen molar-refractivity contribution in [3.8, 4) is 39.9 Å². The number of benzene rings is 9. The maximum Gasteiger partial charge on any atom is 0.170 e. The molecule has 0 unspecified atom stereocenters. The number of para-hydroxylation sites is 2. The molecule has 274 valence electrons. The highest BCUT2D eigenvalue weighted by molar-refractivity contribution is 7.26. The molecule has 0 fully saturated rings. The van der Waals surface area contributed by atoms with Crippen molar-refractivity contribution in [2.75, 3.05) is 0 Å². The van der Waals surface area contributed by atoms with Gasteiger partial charge in [-0.05, 0) is 70.1 Å². The first kappa shape index (κ1) is 32.4. The Hall–Kier alpha value is -7.67. The molecule has 0 N–H and O–H groups in total. The van der Waals surface area contributed by atoms with Gasteiger partial charge in [0.15, 0.2) is 17.5 Å². The Bertz CT molecular complexity index is 3870. The molecule has 0 radical (unpaired) electrons. The van der Waals surface area contributed by atoms with Gasteiger partial charge in [0.05, 0.1) is 22.3 Å². The summed E-state index contributed by atoms with van der Waals surface area (Å²) in [7, 11) is 0. The summed E-state index contributed by atoms with van der Waals surface area (Å²) in [6, 6.07) is 64.3. The summed E-state index contributed by atoms with van der Waals surface area (Å²) in [6.45, 7) is 0. The molecule has 6 heteroatoms. The zero-order valence-electron chi connectivity index (χ0n) is 31.4. The number of aromatic nitrogens is 4. The van der Waals surface area contributed by atoms with E-state index in [0.29, 0.717) is 17.5 Å². The van der Waals surface area contributed by atoms with Crippen LogP contribution in [0.3, 0.4) is 0 Å². The second-order valence-electron chi connectivity index (χ2n) is 15.1. The van der Waals surface area contributed by atoms with E-state index in [2.05, 4.69) is 174 Å². The lowest BCUT2D eigenvalue weighted by molar-refractivity contribution is 0.669. The Morgan fingerprint density at radius 3 is 1.92 bits per heavy atom. The lowest BCUT2D eigenvalue weighted by atomic mass is 10.0. The molecule has 0 bridgehead atoms. The number of fused-ring (bicyclic) bond motifs is 11. The number of furan rings is 1.